The molecule has 0 aliphatic heterocycles. The predicted molar refractivity (Wildman–Crippen MR) is 106 cm³/mol. The molecule has 0 aliphatic rings. The molecule has 0 amide bonds. The molecular weight excluding hydrogens is 390 g/mol. The number of rotatable bonds is 5. The van der Waals surface area contributed by atoms with E-state index < -0.39 is 17.6 Å². The Morgan fingerprint density at radius 1 is 1.07 bits per heavy atom. The van der Waals surface area contributed by atoms with Gasteiger partial charge in [-0.05, 0) is 35.9 Å². The number of hydrogen-bond donors (Lipinski definition) is 0. The maximum atomic E-state index is 12.5. The molecular formula is C22H15NO7. The number of para-hydroxylation sites is 1. The second-order valence-electron chi connectivity index (χ2n) is 5.95. The largest absolute Gasteiger partial charge is 0.493 e. The molecule has 0 atom stereocenters. The zero-order valence-electron chi connectivity index (χ0n) is 16.0. The average Bonchev–Trinajstić information content (AvgIpc) is 2.77. The number of methoxy groups -OCH3 is 2. The summed E-state index contributed by atoms with van der Waals surface area (Å²) in [6.45, 7) is 0. The normalized spacial score (nSPS) is 10.9. The van der Waals surface area contributed by atoms with Crippen LogP contribution in [0.3, 0.4) is 0 Å². The minimum atomic E-state index is -0.914. The minimum Gasteiger partial charge on any atom is -0.493 e. The standard InChI is InChI=1S/C22H15NO7/c1-27-19-10-13(9-15(12-23)20(24)28-2)7-8-18(19)30-22(26)16-11-14-5-3-4-6-17(14)29-21(16)25/h3-11H,1-2H3. The van der Waals surface area contributed by atoms with E-state index in [-0.39, 0.29) is 22.6 Å². The number of carbonyl (C=O) groups is 2. The fourth-order valence-electron chi connectivity index (χ4n) is 2.63. The van der Waals surface area contributed by atoms with Crippen LogP contribution in [-0.2, 0) is 9.53 Å². The van der Waals surface area contributed by atoms with Crippen molar-refractivity contribution >= 4 is 29.0 Å². The van der Waals surface area contributed by atoms with Gasteiger partial charge in [0.25, 0.3) is 0 Å². The van der Waals surface area contributed by atoms with Crippen LogP contribution in [0.25, 0.3) is 17.0 Å². The quantitative estimate of drug-likeness (QED) is 0.209. The highest BCUT2D eigenvalue weighted by molar-refractivity contribution is 5.98. The van der Waals surface area contributed by atoms with Gasteiger partial charge in [0.1, 0.15) is 22.8 Å². The maximum absolute atomic E-state index is 12.5. The smallest absolute Gasteiger partial charge is 0.351 e. The Bertz CT molecular complexity index is 1260. The third-order valence-corrected chi connectivity index (χ3v) is 4.09. The lowest BCUT2D eigenvalue weighted by Gasteiger charge is -2.10. The molecule has 0 radical (unpaired) electrons. The van der Waals surface area contributed by atoms with Gasteiger partial charge in [-0.3, -0.25) is 0 Å². The van der Waals surface area contributed by atoms with Crippen LogP contribution in [0.2, 0.25) is 0 Å². The molecule has 0 N–H and O–H groups in total. The van der Waals surface area contributed by atoms with Gasteiger partial charge < -0.3 is 18.6 Å². The lowest BCUT2D eigenvalue weighted by atomic mass is 10.1. The Morgan fingerprint density at radius 3 is 2.53 bits per heavy atom. The minimum absolute atomic E-state index is 0.0452. The highest BCUT2D eigenvalue weighted by atomic mass is 16.6. The first-order chi connectivity index (χ1) is 14.5. The lowest BCUT2D eigenvalue weighted by Crippen LogP contribution is -2.19. The Labute approximate surface area is 170 Å². The highest BCUT2D eigenvalue weighted by Crippen LogP contribution is 2.29. The second-order valence-corrected chi connectivity index (χ2v) is 5.95. The third kappa shape index (κ3) is 4.20. The molecule has 3 rings (SSSR count). The topological polar surface area (TPSA) is 116 Å². The number of ether oxygens (including phenoxy) is 3. The summed E-state index contributed by atoms with van der Waals surface area (Å²) < 4.78 is 20.2. The summed E-state index contributed by atoms with van der Waals surface area (Å²) in [6, 6.07) is 14.3. The van der Waals surface area contributed by atoms with Gasteiger partial charge in [0, 0.05) is 5.39 Å². The number of benzene rings is 2. The van der Waals surface area contributed by atoms with E-state index in [0.717, 1.165) is 0 Å². The van der Waals surface area contributed by atoms with Gasteiger partial charge in [-0.15, -0.1) is 0 Å². The van der Waals surface area contributed by atoms with E-state index in [1.54, 1.807) is 30.3 Å². The van der Waals surface area contributed by atoms with Gasteiger partial charge >= 0.3 is 17.6 Å². The number of nitrogens with zero attached hydrogens (tertiary/aromatic N) is 1. The molecule has 8 heteroatoms. The van der Waals surface area contributed by atoms with E-state index in [9.17, 15) is 14.4 Å². The number of carbonyl (C=O) groups excluding carboxylic acids is 2. The molecule has 0 saturated heterocycles. The van der Waals surface area contributed by atoms with Crippen LogP contribution in [0, 0.1) is 11.3 Å². The molecule has 3 aromatic rings. The molecule has 0 unspecified atom stereocenters. The summed E-state index contributed by atoms with van der Waals surface area (Å²) in [7, 11) is 2.52. The van der Waals surface area contributed by atoms with Crippen molar-refractivity contribution < 1.29 is 28.2 Å². The summed E-state index contributed by atoms with van der Waals surface area (Å²) in [5.74, 6) is -1.49. The van der Waals surface area contributed by atoms with Crippen LogP contribution in [0.1, 0.15) is 15.9 Å². The summed E-state index contributed by atoms with van der Waals surface area (Å²) >= 11 is 0. The molecule has 150 valence electrons. The fourth-order valence-corrected chi connectivity index (χ4v) is 2.63. The highest BCUT2D eigenvalue weighted by Gasteiger charge is 2.18. The summed E-state index contributed by atoms with van der Waals surface area (Å²) in [4.78, 5) is 36.2. The van der Waals surface area contributed by atoms with Gasteiger partial charge in [-0.2, -0.15) is 5.26 Å². The van der Waals surface area contributed by atoms with Crippen molar-refractivity contribution in [2.45, 2.75) is 0 Å². The van der Waals surface area contributed by atoms with Crippen LogP contribution < -0.4 is 15.1 Å². The molecule has 8 nitrogen and oxygen atoms in total. The van der Waals surface area contributed by atoms with Gasteiger partial charge in [0.15, 0.2) is 11.5 Å². The summed E-state index contributed by atoms with van der Waals surface area (Å²) in [6.07, 6.45) is 1.30. The molecule has 0 saturated carbocycles. The Morgan fingerprint density at radius 2 is 1.83 bits per heavy atom. The van der Waals surface area contributed by atoms with E-state index in [0.29, 0.717) is 16.5 Å². The zero-order valence-corrected chi connectivity index (χ0v) is 16.0. The molecule has 1 heterocycles. The first-order valence-electron chi connectivity index (χ1n) is 8.60. The summed E-state index contributed by atoms with van der Waals surface area (Å²) in [5.41, 5.74) is -0.505. The van der Waals surface area contributed by atoms with E-state index in [1.165, 1.54) is 44.6 Å². The molecule has 2 aromatic carbocycles. The van der Waals surface area contributed by atoms with Gasteiger partial charge in [0.2, 0.25) is 0 Å². The predicted octanol–water partition coefficient (Wildman–Crippen LogP) is 3.10. The summed E-state index contributed by atoms with van der Waals surface area (Å²) in [5, 5.41) is 9.63. The van der Waals surface area contributed by atoms with Crippen molar-refractivity contribution in [1.29, 1.82) is 5.26 Å². The molecule has 30 heavy (non-hydrogen) atoms. The van der Waals surface area contributed by atoms with Crippen molar-refractivity contribution in [3.8, 4) is 17.6 Å². The number of nitriles is 1. The van der Waals surface area contributed by atoms with Crippen molar-refractivity contribution in [2.24, 2.45) is 0 Å². The van der Waals surface area contributed by atoms with Gasteiger partial charge in [-0.1, -0.05) is 24.3 Å². The molecule has 0 spiro atoms. The van der Waals surface area contributed by atoms with Crippen LogP contribution in [0.15, 0.2) is 63.3 Å². The number of fused-ring (bicyclic) bond motifs is 1. The zero-order chi connectivity index (χ0) is 21.7. The average molecular weight is 405 g/mol. The fraction of sp³-hybridized carbons (Fsp3) is 0.0909. The van der Waals surface area contributed by atoms with Crippen molar-refractivity contribution in [3.63, 3.8) is 0 Å². The SMILES string of the molecule is COC(=O)C(C#N)=Cc1ccc(OC(=O)c2cc3ccccc3oc2=O)c(OC)c1. The van der Waals surface area contributed by atoms with Gasteiger partial charge in [-0.25, -0.2) is 14.4 Å². The van der Waals surface area contributed by atoms with E-state index in [1.807, 2.05) is 0 Å². The Balaban J connectivity index is 1.92. The van der Waals surface area contributed by atoms with Crippen molar-refractivity contribution in [3.05, 3.63) is 75.7 Å². The number of esters is 2. The van der Waals surface area contributed by atoms with Crippen molar-refractivity contribution in [1.82, 2.24) is 0 Å². The van der Waals surface area contributed by atoms with Crippen LogP contribution >= 0.6 is 0 Å². The maximum Gasteiger partial charge on any atom is 0.351 e. The van der Waals surface area contributed by atoms with Crippen LogP contribution in [-0.4, -0.2) is 26.2 Å². The van der Waals surface area contributed by atoms with Crippen LogP contribution in [0.5, 0.6) is 11.5 Å². The monoisotopic (exact) mass is 405 g/mol. The molecule has 0 fully saturated rings. The van der Waals surface area contributed by atoms with E-state index in [4.69, 9.17) is 19.2 Å². The second kappa shape index (κ2) is 8.75. The first kappa shape index (κ1) is 20.4. The molecule has 0 aliphatic carbocycles. The lowest BCUT2D eigenvalue weighted by molar-refractivity contribution is -0.135. The van der Waals surface area contributed by atoms with Crippen molar-refractivity contribution in [2.75, 3.05) is 14.2 Å². The third-order valence-electron chi connectivity index (χ3n) is 4.09. The van der Waals surface area contributed by atoms with E-state index >= 15 is 0 Å². The van der Waals surface area contributed by atoms with Gasteiger partial charge in [0.05, 0.1) is 14.2 Å². The number of hydrogen-bond acceptors (Lipinski definition) is 8. The molecule has 0 bridgehead atoms. The first-order valence-corrected chi connectivity index (χ1v) is 8.60. The Hall–Kier alpha value is -4.38. The molecule has 1 aromatic heterocycles. The van der Waals surface area contributed by atoms with E-state index in [2.05, 4.69) is 4.74 Å². The Kier molecular flexibility index (Phi) is 5.94. The van der Waals surface area contributed by atoms with Crippen LogP contribution in [0.4, 0.5) is 0 Å².